The Bertz CT molecular complexity index is 4040. The van der Waals surface area contributed by atoms with Crippen molar-refractivity contribution in [2.75, 3.05) is 95.5 Å². The van der Waals surface area contributed by atoms with Gasteiger partial charge in [0.15, 0.2) is 40.5 Å². The number of primary amides is 1. The monoisotopic (exact) mass is 1610 g/mol. The molecule has 2 bridgehead atoms. The standard InChI is InChI=1S/C76H94N10O23S3/c77-66(94)39-107-38-51(89)12-7-23-104-25-27-106-28-26-105-24-8-14-61(91)59-41-111-112-42-60-62(92)32-45(11-6-22-81-75(78)79)70(99)82-37-52(90)30-48(34-68(96)97)72(101)84-58(63(93)33-47(71(100)85-59)29-44-9-2-1-3-10-44)40-110-43-67(95)83-57(73(102)86-60)13-4-5-21-80-69(98)46-15-18-53-56(31-46)76(109-74(53)103)54-19-16-49(87)35-64(54)108-65-36-50(88)17-20-55(65)76/h1-3,9-10,15-20,31,35-36,45,47-48,57-60,87-88H,4-8,11-14,21-30,32-34,37-43H2,(H2,77,94)(H,80,98)(H,82,99)(H,83,95)(H,84,101)(H,85,100)(H,86,102)(H,96,97)(H4,78,79,81)/t45-,47-,48+,57+,58+,59+,60+/m1/s1. The number of nitrogens with one attached hydrogen (secondary N) is 6. The second kappa shape index (κ2) is 44.3. The van der Waals surface area contributed by atoms with E-state index in [1.807, 2.05) is 0 Å². The number of thioether (sulfide) groups is 1. The second-order valence-corrected chi connectivity index (χ2v) is 30.7. The van der Waals surface area contributed by atoms with E-state index < -0.39 is 162 Å². The fourth-order valence-corrected chi connectivity index (χ4v) is 16.1. The number of ether oxygens (including phenoxy) is 6. The second-order valence-electron chi connectivity index (χ2n) is 27.1. The summed E-state index contributed by atoms with van der Waals surface area (Å²) in [6.07, 6.45) is -1.82. The molecule has 112 heavy (non-hydrogen) atoms. The van der Waals surface area contributed by atoms with Crippen LogP contribution in [0.4, 0.5) is 0 Å². The topological polar surface area (TPSA) is 518 Å². The van der Waals surface area contributed by atoms with Crippen LogP contribution in [0, 0.1) is 17.8 Å². The summed E-state index contributed by atoms with van der Waals surface area (Å²) in [7, 11) is 2.10. The predicted octanol–water partition coefficient (Wildman–Crippen LogP) is 2.51. The van der Waals surface area contributed by atoms with Gasteiger partial charge in [0.05, 0.1) is 74.8 Å². The number of nitrogens with two attached hydrogens (primary N) is 3. The van der Waals surface area contributed by atoms with Crippen molar-refractivity contribution in [2.24, 2.45) is 39.9 Å². The number of carbonyl (C=O) groups is 14. The Morgan fingerprint density at radius 2 is 1.24 bits per heavy atom. The van der Waals surface area contributed by atoms with Gasteiger partial charge in [0.25, 0.3) is 5.91 Å². The number of phenolic OH excluding ortho intramolecular Hbond substituents is 2. The molecular formula is C76H94N10O23S3. The number of nitrogens with zero attached hydrogens (tertiary/aromatic N) is 1. The van der Waals surface area contributed by atoms with E-state index in [0.717, 1.165) is 33.3 Å². The number of unbranched alkanes of at least 4 members (excludes halogenated alkanes) is 1. The minimum atomic E-state index is -1.67. The fourth-order valence-electron chi connectivity index (χ4n) is 12.8. The van der Waals surface area contributed by atoms with Crippen LogP contribution >= 0.6 is 33.3 Å². The Morgan fingerprint density at radius 3 is 1.91 bits per heavy atom. The van der Waals surface area contributed by atoms with E-state index in [-0.39, 0.29) is 192 Å². The highest BCUT2D eigenvalue weighted by Gasteiger charge is 2.54. The first-order chi connectivity index (χ1) is 53.8. The molecule has 0 saturated carbocycles. The molecule has 4 aromatic carbocycles. The number of rotatable bonds is 33. The highest BCUT2D eigenvalue weighted by Crippen LogP contribution is 2.57. The molecule has 7 atom stereocenters. The number of Topliss-reactive ketones (excluding diaryl/α,β-unsaturated/α-hetero) is 5. The van der Waals surface area contributed by atoms with E-state index in [0.29, 0.717) is 23.1 Å². The number of esters is 1. The van der Waals surface area contributed by atoms with Gasteiger partial charge in [0.1, 0.15) is 42.3 Å². The van der Waals surface area contributed by atoms with E-state index in [1.54, 1.807) is 30.3 Å². The number of phenols is 2. The SMILES string of the molecule is NC(=O)COCC(=O)CCCOCCOCCOCCCC(=O)[C@@H]1CSSC[C@@H]2NC(=O)[C@H](CCCCNC(=O)c3ccc4c(c3)C3(OC4=O)c4ccc(O)cc4Oc4cc(O)ccc43)NC(=O)CSC[C@H](NC(=O)[C@H](CC(=O)O)CC(=O)CNC(=O)[C@H](CCCN=C(N)N)CC2=O)C(=O)C[C@@H](Cc2ccccc2)C(=O)N1. The van der Waals surface area contributed by atoms with Crippen molar-refractivity contribution in [1.29, 1.82) is 0 Å². The van der Waals surface area contributed by atoms with Crippen LogP contribution in [0.5, 0.6) is 23.0 Å². The third-order valence-corrected chi connectivity index (χ3v) is 21.9. The van der Waals surface area contributed by atoms with Crippen molar-refractivity contribution in [3.63, 3.8) is 0 Å². The lowest BCUT2D eigenvalue weighted by Gasteiger charge is -2.36. The molecule has 33 nitrogen and oxygen atoms in total. The van der Waals surface area contributed by atoms with Crippen molar-refractivity contribution in [1.82, 2.24) is 31.9 Å². The van der Waals surface area contributed by atoms with Gasteiger partial charge in [0.2, 0.25) is 35.4 Å². The summed E-state index contributed by atoms with van der Waals surface area (Å²) in [6, 6.07) is 15.9. The maximum absolute atomic E-state index is 15.0. The highest BCUT2D eigenvalue weighted by molar-refractivity contribution is 8.76. The van der Waals surface area contributed by atoms with E-state index in [9.17, 15) is 82.4 Å². The molecule has 604 valence electrons. The van der Waals surface area contributed by atoms with Crippen LogP contribution in [0.1, 0.15) is 126 Å². The summed E-state index contributed by atoms with van der Waals surface area (Å²) < 4.78 is 34.0. The van der Waals surface area contributed by atoms with Crippen molar-refractivity contribution in [3.8, 4) is 23.0 Å². The van der Waals surface area contributed by atoms with Crippen molar-refractivity contribution in [2.45, 2.75) is 120 Å². The Kier molecular flexibility index (Phi) is 34.7. The summed E-state index contributed by atoms with van der Waals surface area (Å²) in [5, 5.41) is 47.3. The Labute approximate surface area is 657 Å². The minimum Gasteiger partial charge on any atom is -0.508 e. The summed E-state index contributed by atoms with van der Waals surface area (Å²) in [4.78, 5) is 198. The number of hydrogen-bond acceptors (Lipinski definition) is 26. The molecule has 36 heteroatoms. The van der Waals surface area contributed by atoms with Gasteiger partial charge in [-0.1, -0.05) is 51.9 Å². The van der Waals surface area contributed by atoms with Gasteiger partial charge < -0.3 is 92.8 Å². The average molecular weight is 1610 g/mol. The maximum Gasteiger partial charge on any atom is 0.340 e. The van der Waals surface area contributed by atoms with Gasteiger partial charge in [-0.15, -0.1) is 11.8 Å². The number of aromatic hydroxyl groups is 2. The molecule has 2 fully saturated rings. The number of aliphatic carboxylic acids is 1. The van der Waals surface area contributed by atoms with Gasteiger partial charge in [0, 0.05) is 122 Å². The number of carboxylic acids is 1. The van der Waals surface area contributed by atoms with Crippen molar-refractivity contribution < 1.29 is 111 Å². The van der Waals surface area contributed by atoms with E-state index >= 15 is 0 Å². The van der Waals surface area contributed by atoms with Crippen LogP contribution < -0.4 is 53.8 Å². The molecular weight excluding hydrogens is 1520 g/mol. The molecule has 4 aliphatic heterocycles. The number of fused-ring (bicyclic) bond motifs is 15. The molecule has 4 aliphatic rings. The maximum atomic E-state index is 15.0. The lowest BCUT2D eigenvalue weighted by atomic mass is 9.77. The number of hydrogen-bond donors (Lipinski definition) is 12. The first kappa shape index (κ1) is 87.6. The van der Waals surface area contributed by atoms with Crippen LogP contribution in [0.25, 0.3) is 0 Å². The third-order valence-electron chi connectivity index (χ3n) is 18.5. The minimum absolute atomic E-state index is 0.00159. The lowest BCUT2D eigenvalue weighted by molar-refractivity contribution is -0.142. The summed E-state index contributed by atoms with van der Waals surface area (Å²) in [5.41, 5.74) is 16.3. The van der Waals surface area contributed by atoms with E-state index in [1.165, 1.54) is 54.6 Å². The highest BCUT2D eigenvalue weighted by atomic mass is 33.1. The molecule has 0 unspecified atom stereocenters. The molecule has 4 heterocycles. The van der Waals surface area contributed by atoms with Crippen LogP contribution in [-0.2, 0) is 93.2 Å². The zero-order valence-corrected chi connectivity index (χ0v) is 64.0. The average Bonchev–Trinajstić information content (AvgIpc) is 1.50. The van der Waals surface area contributed by atoms with Gasteiger partial charge in [-0.25, -0.2) is 4.79 Å². The number of benzene rings is 4. The van der Waals surface area contributed by atoms with Crippen LogP contribution in [0.2, 0.25) is 0 Å². The van der Waals surface area contributed by atoms with Crippen LogP contribution in [0.15, 0.2) is 89.9 Å². The molecule has 8 rings (SSSR count). The van der Waals surface area contributed by atoms with Crippen molar-refractivity contribution in [3.05, 3.63) is 118 Å². The number of carbonyl (C=O) groups excluding carboxylic acids is 13. The smallest absolute Gasteiger partial charge is 0.340 e. The molecule has 1 spiro atoms. The van der Waals surface area contributed by atoms with Gasteiger partial charge in [-0.2, -0.15) is 0 Å². The van der Waals surface area contributed by atoms with Crippen LogP contribution in [0.3, 0.4) is 0 Å². The molecule has 0 aliphatic carbocycles. The Balaban J connectivity index is 1.03. The van der Waals surface area contributed by atoms with Gasteiger partial charge in [-0.3, -0.25) is 67.3 Å². The first-order valence-electron chi connectivity index (χ1n) is 36.6. The Morgan fingerprint density at radius 1 is 0.607 bits per heavy atom. The van der Waals surface area contributed by atoms with E-state index in [4.69, 9.17) is 45.6 Å². The molecule has 0 radical (unpaired) electrons. The Hall–Kier alpha value is -9.98. The quantitative estimate of drug-likeness (QED) is 0.0107. The van der Waals surface area contributed by atoms with Crippen molar-refractivity contribution >= 4 is 122 Å². The third kappa shape index (κ3) is 26.9. The number of carboxylic acid groups (broad SMARTS) is 1. The number of ketones is 5. The molecule has 0 aromatic heterocycles. The molecule has 15 N–H and O–H groups in total. The summed E-state index contributed by atoms with van der Waals surface area (Å²) in [5.74, 6) is -16.1. The summed E-state index contributed by atoms with van der Waals surface area (Å²) in [6.45, 7) is -0.113. The van der Waals surface area contributed by atoms with Gasteiger partial charge in [-0.05, 0) is 99.4 Å². The number of aliphatic imine (C=N–C) groups is 1. The zero-order chi connectivity index (χ0) is 80.7. The fraction of sp³-hybridized carbons (Fsp3) is 0.487. The lowest BCUT2D eigenvalue weighted by Crippen LogP contribution is -2.53. The van der Waals surface area contributed by atoms with Crippen LogP contribution in [-0.4, -0.2) is 223 Å². The molecule has 2 saturated heterocycles. The predicted molar refractivity (Wildman–Crippen MR) is 410 cm³/mol. The first-order valence-corrected chi connectivity index (χ1v) is 40.3. The normalized spacial score (nSPS) is 20.6. The number of guanidine groups is 1. The largest absolute Gasteiger partial charge is 0.508 e. The molecule has 7 amide bonds. The number of amides is 7. The van der Waals surface area contributed by atoms with E-state index in [2.05, 4.69) is 36.9 Å². The zero-order valence-electron chi connectivity index (χ0n) is 61.5. The summed E-state index contributed by atoms with van der Waals surface area (Å²) >= 11 is 0.836. The van der Waals surface area contributed by atoms with Gasteiger partial charge >= 0.3 is 11.9 Å². The molecule has 4 aromatic rings.